The molecule has 1 aliphatic rings. The second-order valence-electron chi connectivity index (χ2n) is 7.16. The van der Waals surface area contributed by atoms with E-state index in [0.29, 0.717) is 18.8 Å². The summed E-state index contributed by atoms with van der Waals surface area (Å²) in [6.07, 6.45) is 5.76. The summed E-state index contributed by atoms with van der Waals surface area (Å²) in [5.41, 5.74) is 0. The minimum absolute atomic E-state index is 0.0119. The predicted octanol–water partition coefficient (Wildman–Crippen LogP) is 3.32. The standard InChI is InChI=1S/C21H28N2O5/c1-3-16(2)23(21(25)19-9-6-12-28-19)15-20(24)22(13-17-7-4-10-26-17)14-18-8-5-11-27-18/h4,6-7,9-10,12,16,18H,3,5,8,11,13-15H2,1-2H3/t16-,18+/m0/s1. The first-order valence-electron chi connectivity index (χ1n) is 9.84. The van der Waals surface area contributed by atoms with Gasteiger partial charge in [0.2, 0.25) is 5.91 Å². The van der Waals surface area contributed by atoms with Gasteiger partial charge in [-0.05, 0) is 50.5 Å². The van der Waals surface area contributed by atoms with Crippen molar-refractivity contribution >= 4 is 11.8 Å². The van der Waals surface area contributed by atoms with Crippen molar-refractivity contribution in [1.29, 1.82) is 0 Å². The Kier molecular flexibility index (Phi) is 6.92. The Balaban J connectivity index is 1.73. The Morgan fingerprint density at radius 3 is 2.61 bits per heavy atom. The normalized spacial score (nSPS) is 17.4. The van der Waals surface area contributed by atoms with Gasteiger partial charge in [0.25, 0.3) is 5.91 Å². The fraction of sp³-hybridized carbons (Fsp3) is 0.524. The molecular weight excluding hydrogens is 360 g/mol. The van der Waals surface area contributed by atoms with Crippen molar-refractivity contribution in [3.05, 3.63) is 48.3 Å². The van der Waals surface area contributed by atoms with E-state index in [1.54, 1.807) is 34.3 Å². The summed E-state index contributed by atoms with van der Waals surface area (Å²) in [5.74, 6) is 0.540. The molecular formula is C21H28N2O5. The monoisotopic (exact) mass is 388 g/mol. The molecule has 1 fully saturated rings. The molecule has 2 aromatic rings. The highest BCUT2D eigenvalue weighted by molar-refractivity contribution is 5.94. The molecule has 0 aromatic carbocycles. The lowest BCUT2D eigenvalue weighted by Crippen LogP contribution is -2.47. The second kappa shape index (κ2) is 9.59. The van der Waals surface area contributed by atoms with Crippen molar-refractivity contribution in [3.8, 4) is 0 Å². The van der Waals surface area contributed by atoms with Gasteiger partial charge < -0.3 is 23.4 Å². The fourth-order valence-electron chi connectivity index (χ4n) is 3.32. The third-order valence-corrected chi connectivity index (χ3v) is 5.15. The van der Waals surface area contributed by atoms with E-state index in [9.17, 15) is 9.59 Å². The second-order valence-corrected chi connectivity index (χ2v) is 7.16. The number of hydrogen-bond acceptors (Lipinski definition) is 5. The maximum absolute atomic E-state index is 13.2. The average molecular weight is 388 g/mol. The van der Waals surface area contributed by atoms with E-state index in [4.69, 9.17) is 13.6 Å². The minimum Gasteiger partial charge on any atom is -0.467 e. The summed E-state index contributed by atoms with van der Waals surface area (Å²) >= 11 is 0. The molecule has 1 saturated heterocycles. The van der Waals surface area contributed by atoms with Crippen molar-refractivity contribution in [3.63, 3.8) is 0 Å². The molecule has 0 saturated carbocycles. The van der Waals surface area contributed by atoms with Gasteiger partial charge in [0.15, 0.2) is 5.76 Å². The SMILES string of the molecule is CC[C@H](C)N(CC(=O)N(Cc1ccco1)C[C@H]1CCCO1)C(=O)c1ccco1. The molecule has 0 bridgehead atoms. The Bertz CT molecular complexity index is 735. The molecule has 152 valence electrons. The lowest BCUT2D eigenvalue weighted by molar-refractivity contribution is -0.134. The van der Waals surface area contributed by atoms with E-state index in [2.05, 4.69) is 0 Å². The van der Waals surface area contributed by atoms with E-state index < -0.39 is 0 Å². The van der Waals surface area contributed by atoms with Crippen LogP contribution in [-0.4, -0.2) is 53.5 Å². The Hall–Kier alpha value is -2.54. The number of ether oxygens (including phenoxy) is 1. The van der Waals surface area contributed by atoms with Gasteiger partial charge in [-0.1, -0.05) is 6.92 Å². The molecule has 7 heteroatoms. The largest absolute Gasteiger partial charge is 0.467 e. The molecule has 2 aromatic heterocycles. The zero-order valence-electron chi connectivity index (χ0n) is 16.5. The molecule has 0 unspecified atom stereocenters. The number of carbonyl (C=O) groups excluding carboxylic acids is 2. The maximum atomic E-state index is 13.2. The number of amides is 2. The number of furan rings is 2. The Labute approximate surface area is 165 Å². The quantitative estimate of drug-likeness (QED) is 0.659. The summed E-state index contributed by atoms with van der Waals surface area (Å²) in [6, 6.07) is 6.85. The first-order valence-corrected chi connectivity index (χ1v) is 9.84. The molecule has 3 heterocycles. The van der Waals surface area contributed by atoms with Gasteiger partial charge in [-0.3, -0.25) is 9.59 Å². The van der Waals surface area contributed by atoms with Crippen molar-refractivity contribution in [2.75, 3.05) is 19.7 Å². The van der Waals surface area contributed by atoms with Crippen LogP contribution in [0.4, 0.5) is 0 Å². The highest BCUT2D eigenvalue weighted by atomic mass is 16.5. The molecule has 0 N–H and O–H groups in total. The van der Waals surface area contributed by atoms with Gasteiger partial charge in [0.05, 0.1) is 25.2 Å². The lowest BCUT2D eigenvalue weighted by Gasteiger charge is -2.31. The molecule has 2 amide bonds. The third kappa shape index (κ3) is 5.04. The van der Waals surface area contributed by atoms with E-state index in [-0.39, 0.29) is 36.3 Å². The van der Waals surface area contributed by atoms with E-state index in [0.717, 1.165) is 25.9 Å². The van der Waals surface area contributed by atoms with Gasteiger partial charge in [0.1, 0.15) is 12.3 Å². The van der Waals surface area contributed by atoms with Crippen molar-refractivity contribution in [2.24, 2.45) is 0 Å². The van der Waals surface area contributed by atoms with Crippen LogP contribution in [0, 0.1) is 0 Å². The topological polar surface area (TPSA) is 76.1 Å². The Morgan fingerprint density at radius 2 is 2.00 bits per heavy atom. The van der Waals surface area contributed by atoms with E-state index in [1.807, 2.05) is 19.9 Å². The van der Waals surface area contributed by atoms with Crippen LogP contribution in [0.5, 0.6) is 0 Å². The van der Waals surface area contributed by atoms with Crippen LogP contribution >= 0.6 is 0 Å². The van der Waals surface area contributed by atoms with Crippen LogP contribution in [0.3, 0.4) is 0 Å². The van der Waals surface area contributed by atoms with Gasteiger partial charge >= 0.3 is 0 Å². The minimum atomic E-state index is -0.275. The maximum Gasteiger partial charge on any atom is 0.290 e. The van der Waals surface area contributed by atoms with Crippen LogP contribution in [0.2, 0.25) is 0 Å². The highest BCUT2D eigenvalue weighted by Gasteiger charge is 2.29. The molecule has 3 rings (SSSR count). The fourth-order valence-corrected chi connectivity index (χ4v) is 3.32. The van der Waals surface area contributed by atoms with Gasteiger partial charge in [-0.2, -0.15) is 0 Å². The summed E-state index contributed by atoms with van der Waals surface area (Å²) in [6.45, 7) is 5.48. The number of carbonyl (C=O) groups is 2. The molecule has 28 heavy (non-hydrogen) atoms. The first kappa shape index (κ1) is 20.2. The first-order chi connectivity index (χ1) is 13.6. The molecule has 2 atom stereocenters. The third-order valence-electron chi connectivity index (χ3n) is 5.15. The summed E-state index contributed by atoms with van der Waals surface area (Å²) < 4.78 is 16.4. The van der Waals surface area contributed by atoms with Gasteiger partial charge in [-0.25, -0.2) is 0 Å². The molecule has 1 aliphatic heterocycles. The molecule has 0 radical (unpaired) electrons. The van der Waals surface area contributed by atoms with Crippen LogP contribution in [0.25, 0.3) is 0 Å². The molecule has 0 spiro atoms. The number of rotatable bonds is 9. The summed E-state index contributed by atoms with van der Waals surface area (Å²) in [4.78, 5) is 29.3. The van der Waals surface area contributed by atoms with Crippen molar-refractivity contribution < 1.29 is 23.2 Å². The smallest absolute Gasteiger partial charge is 0.290 e. The van der Waals surface area contributed by atoms with Crippen LogP contribution in [-0.2, 0) is 16.1 Å². The lowest BCUT2D eigenvalue weighted by atomic mass is 10.2. The van der Waals surface area contributed by atoms with Gasteiger partial charge in [0, 0.05) is 19.2 Å². The van der Waals surface area contributed by atoms with Gasteiger partial charge in [-0.15, -0.1) is 0 Å². The predicted molar refractivity (Wildman–Crippen MR) is 103 cm³/mol. The number of hydrogen-bond donors (Lipinski definition) is 0. The van der Waals surface area contributed by atoms with Crippen molar-refractivity contribution in [1.82, 2.24) is 9.80 Å². The average Bonchev–Trinajstić information content (AvgIpc) is 3.47. The number of nitrogens with zero attached hydrogens (tertiary/aromatic N) is 2. The molecule has 0 aliphatic carbocycles. The van der Waals surface area contributed by atoms with Crippen LogP contribution in [0.1, 0.15) is 49.4 Å². The van der Waals surface area contributed by atoms with Crippen molar-refractivity contribution in [2.45, 2.75) is 51.8 Å². The Morgan fingerprint density at radius 1 is 1.21 bits per heavy atom. The summed E-state index contributed by atoms with van der Waals surface area (Å²) in [5, 5.41) is 0. The van der Waals surface area contributed by atoms with Crippen LogP contribution < -0.4 is 0 Å². The highest BCUT2D eigenvalue weighted by Crippen LogP contribution is 2.17. The van der Waals surface area contributed by atoms with Crippen LogP contribution in [0.15, 0.2) is 45.6 Å². The zero-order chi connectivity index (χ0) is 19.9. The zero-order valence-corrected chi connectivity index (χ0v) is 16.5. The van der Waals surface area contributed by atoms with E-state index >= 15 is 0 Å². The van der Waals surface area contributed by atoms with E-state index in [1.165, 1.54) is 6.26 Å². The molecule has 7 nitrogen and oxygen atoms in total. The summed E-state index contributed by atoms with van der Waals surface area (Å²) in [7, 11) is 0.